The minimum absolute atomic E-state index is 0.255. The molecule has 104 valence electrons. The molecule has 0 bridgehead atoms. The maximum Gasteiger partial charge on any atom is 0.0237 e. The van der Waals surface area contributed by atoms with E-state index in [-0.39, 0.29) is 11.1 Å². The van der Waals surface area contributed by atoms with Gasteiger partial charge >= 0.3 is 0 Å². The van der Waals surface area contributed by atoms with Crippen LogP contribution in [0.15, 0.2) is 0 Å². The summed E-state index contributed by atoms with van der Waals surface area (Å²) in [6.07, 6.45) is 1.79. The van der Waals surface area contributed by atoms with Crippen LogP contribution in [0, 0.1) is 0 Å². The van der Waals surface area contributed by atoms with Crippen LogP contribution in [0.3, 0.4) is 0 Å². The van der Waals surface area contributed by atoms with Gasteiger partial charge in [-0.1, -0.05) is 0 Å². The van der Waals surface area contributed by atoms with Crippen LogP contribution in [0.2, 0.25) is 0 Å². The molecule has 0 aliphatic carbocycles. The van der Waals surface area contributed by atoms with Crippen molar-refractivity contribution >= 4 is 35.0 Å². The zero-order valence-electron chi connectivity index (χ0n) is 11.3. The molecule has 0 aliphatic rings. The van der Waals surface area contributed by atoms with Gasteiger partial charge in [0.15, 0.2) is 0 Å². The van der Waals surface area contributed by atoms with E-state index in [1.807, 2.05) is 39.5 Å². The Morgan fingerprint density at radius 2 is 1.18 bits per heavy atom. The van der Waals surface area contributed by atoms with Gasteiger partial charge < -0.3 is 11.5 Å². The molecule has 0 heterocycles. The highest BCUT2D eigenvalue weighted by Gasteiger charge is 2.33. The summed E-state index contributed by atoms with van der Waals surface area (Å²) in [5, 5.41) is 0.604. The molecular formula is C12H26Cl2N2S. The fourth-order valence-electron chi connectivity index (χ4n) is 1.63. The molecule has 2 unspecified atom stereocenters. The number of hydrogen-bond acceptors (Lipinski definition) is 3. The van der Waals surface area contributed by atoms with Gasteiger partial charge in [0, 0.05) is 33.3 Å². The summed E-state index contributed by atoms with van der Waals surface area (Å²) in [4.78, 5) is 0. The molecular weight excluding hydrogens is 275 g/mol. The van der Waals surface area contributed by atoms with Gasteiger partial charge in [-0.3, -0.25) is 0 Å². The van der Waals surface area contributed by atoms with Crippen LogP contribution in [0.25, 0.3) is 0 Å². The molecule has 0 fully saturated rings. The molecule has 0 amide bonds. The van der Waals surface area contributed by atoms with Gasteiger partial charge in [-0.25, -0.2) is 0 Å². The van der Waals surface area contributed by atoms with Crippen LogP contribution in [-0.4, -0.2) is 33.3 Å². The Labute approximate surface area is 120 Å². The number of halogens is 2. The lowest BCUT2D eigenvalue weighted by Gasteiger charge is -2.37. The van der Waals surface area contributed by atoms with Crippen molar-refractivity contribution in [2.45, 2.75) is 62.1 Å². The minimum Gasteiger partial charge on any atom is -0.325 e. The molecule has 0 aromatic heterocycles. The molecule has 0 saturated carbocycles. The topological polar surface area (TPSA) is 52.0 Å². The Morgan fingerprint density at radius 3 is 1.35 bits per heavy atom. The third-order valence-corrected chi connectivity index (χ3v) is 5.51. The van der Waals surface area contributed by atoms with Gasteiger partial charge in [-0.05, 0) is 40.5 Å². The van der Waals surface area contributed by atoms with E-state index in [1.54, 1.807) is 0 Å². The second-order valence-electron chi connectivity index (χ2n) is 5.71. The van der Waals surface area contributed by atoms with Crippen LogP contribution < -0.4 is 11.5 Å². The van der Waals surface area contributed by atoms with Gasteiger partial charge in [0.2, 0.25) is 0 Å². The van der Waals surface area contributed by atoms with Crippen molar-refractivity contribution in [2.24, 2.45) is 11.5 Å². The number of hydrogen-bond donors (Lipinski definition) is 2. The lowest BCUT2D eigenvalue weighted by atomic mass is 9.99. The molecule has 0 aromatic rings. The van der Waals surface area contributed by atoms with E-state index in [2.05, 4.69) is 0 Å². The highest BCUT2D eigenvalue weighted by molar-refractivity contribution is 8.00. The molecule has 0 saturated heterocycles. The van der Waals surface area contributed by atoms with E-state index in [1.165, 1.54) is 0 Å². The molecule has 2 nitrogen and oxygen atoms in total. The molecule has 2 atom stereocenters. The molecule has 0 radical (unpaired) electrons. The Balaban J connectivity index is 4.68. The van der Waals surface area contributed by atoms with Gasteiger partial charge in [0.05, 0.1) is 0 Å². The van der Waals surface area contributed by atoms with Gasteiger partial charge in [0.25, 0.3) is 0 Å². The van der Waals surface area contributed by atoms with Gasteiger partial charge in [-0.15, -0.1) is 23.2 Å². The molecule has 4 N–H and O–H groups in total. The SMILES string of the molecule is CC(C)(N)C(CCCl)SC(CCCl)C(C)(C)N. The monoisotopic (exact) mass is 300 g/mol. The second-order valence-corrected chi connectivity index (χ2v) is 7.88. The molecule has 17 heavy (non-hydrogen) atoms. The standard InChI is InChI=1S/C12H26Cl2N2S/c1-11(2,15)9(5-7-13)17-10(6-8-14)12(3,4)16/h9-10H,5-8,15-16H2,1-4H3. The fourth-order valence-corrected chi connectivity index (χ4v) is 3.93. The summed E-state index contributed by atoms with van der Waals surface area (Å²) in [6.45, 7) is 8.16. The van der Waals surface area contributed by atoms with Crippen molar-refractivity contribution in [3.8, 4) is 0 Å². The van der Waals surface area contributed by atoms with Crippen molar-refractivity contribution in [1.29, 1.82) is 0 Å². The first-order chi connectivity index (χ1) is 7.62. The van der Waals surface area contributed by atoms with Gasteiger partial charge in [-0.2, -0.15) is 11.8 Å². The van der Waals surface area contributed by atoms with Crippen molar-refractivity contribution in [3.63, 3.8) is 0 Å². The third kappa shape index (κ3) is 7.12. The second kappa shape index (κ2) is 7.44. The van der Waals surface area contributed by atoms with E-state index >= 15 is 0 Å². The zero-order valence-corrected chi connectivity index (χ0v) is 13.6. The van der Waals surface area contributed by atoms with E-state index in [9.17, 15) is 0 Å². The summed E-state index contributed by atoms with van der Waals surface area (Å²) < 4.78 is 0. The number of thioether (sulfide) groups is 1. The average molecular weight is 301 g/mol. The minimum atomic E-state index is -0.255. The van der Waals surface area contributed by atoms with Crippen LogP contribution in [0.1, 0.15) is 40.5 Å². The molecule has 5 heteroatoms. The fraction of sp³-hybridized carbons (Fsp3) is 1.00. The third-order valence-electron chi connectivity index (χ3n) is 2.73. The van der Waals surface area contributed by atoms with Crippen LogP contribution in [0.5, 0.6) is 0 Å². The first-order valence-electron chi connectivity index (χ1n) is 5.98. The van der Waals surface area contributed by atoms with Crippen LogP contribution >= 0.6 is 35.0 Å². The van der Waals surface area contributed by atoms with Crippen molar-refractivity contribution in [2.75, 3.05) is 11.8 Å². The van der Waals surface area contributed by atoms with Crippen LogP contribution in [0.4, 0.5) is 0 Å². The Hall–Kier alpha value is 0.850. The Kier molecular flexibility index (Phi) is 7.81. The Bertz CT molecular complexity index is 190. The first kappa shape index (κ1) is 17.8. The zero-order chi connectivity index (χ0) is 13.7. The van der Waals surface area contributed by atoms with E-state index in [4.69, 9.17) is 34.7 Å². The maximum absolute atomic E-state index is 6.20. The lowest BCUT2D eigenvalue weighted by Crippen LogP contribution is -2.49. The summed E-state index contributed by atoms with van der Waals surface area (Å²) in [6, 6.07) is 0. The summed E-state index contributed by atoms with van der Waals surface area (Å²) in [5.41, 5.74) is 11.9. The lowest BCUT2D eigenvalue weighted by molar-refractivity contribution is 0.461. The first-order valence-corrected chi connectivity index (χ1v) is 7.99. The van der Waals surface area contributed by atoms with E-state index in [0.717, 1.165) is 12.8 Å². The smallest absolute Gasteiger partial charge is 0.0237 e. The van der Waals surface area contributed by atoms with E-state index in [0.29, 0.717) is 22.3 Å². The molecule has 0 aromatic carbocycles. The number of rotatable bonds is 8. The van der Waals surface area contributed by atoms with Gasteiger partial charge in [0.1, 0.15) is 0 Å². The predicted octanol–water partition coefficient (Wildman–Crippen LogP) is 3.19. The number of alkyl halides is 2. The molecule has 0 spiro atoms. The highest BCUT2D eigenvalue weighted by Crippen LogP contribution is 2.34. The Morgan fingerprint density at radius 1 is 0.882 bits per heavy atom. The van der Waals surface area contributed by atoms with Crippen LogP contribution in [-0.2, 0) is 0 Å². The van der Waals surface area contributed by atoms with Crippen molar-refractivity contribution < 1.29 is 0 Å². The normalized spacial score (nSPS) is 16.9. The largest absolute Gasteiger partial charge is 0.325 e. The number of nitrogens with two attached hydrogens (primary N) is 2. The highest BCUT2D eigenvalue weighted by atomic mass is 35.5. The van der Waals surface area contributed by atoms with Crippen molar-refractivity contribution in [3.05, 3.63) is 0 Å². The van der Waals surface area contributed by atoms with Crippen molar-refractivity contribution in [1.82, 2.24) is 0 Å². The quantitative estimate of drug-likeness (QED) is 0.677. The average Bonchev–Trinajstić information content (AvgIpc) is 2.12. The summed E-state index contributed by atoms with van der Waals surface area (Å²) in [7, 11) is 0. The van der Waals surface area contributed by atoms with E-state index < -0.39 is 0 Å². The molecule has 0 rings (SSSR count). The maximum atomic E-state index is 6.20. The molecule has 0 aliphatic heterocycles. The summed E-state index contributed by atoms with van der Waals surface area (Å²) in [5.74, 6) is 1.24. The summed E-state index contributed by atoms with van der Waals surface area (Å²) >= 11 is 13.5. The predicted molar refractivity (Wildman–Crippen MR) is 82.4 cm³/mol.